The normalized spacial score (nSPS) is 29.9. The lowest BCUT2D eigenvalue weighted by Crippen LogP contribution is -2.67. The van der Waals surface area contributed by atoms with Crippen molar-refractivity contribution in [3.05, 3.63) is 0 Å². The highest BCUT2D eigenvalue weighted by molar-refractivity contribution is 5.76. The number of hydrogen-bond acceptors (Lipinski definition) is 10. The molecular weight excluding hydrogens is 370 g/mol. The molecule has 5 N–H and O–H groups in total. The number of rotatable bonds is 7. The fourth-order valence-electron chi connectivity index (χ4n) is 2.64. The molecule has 0 aliphatic carbocycles. The minimum Gasteiger partial charge on any atom is -0.477 e. The smallest absolute Gasteiger partial charge is 0.364 e. The van der Waals surface area contributed by atoms with Crippen molar-refractivity contribution in [2.75, 3.05) is 6.61 Å². The topological polar surface area (TPSA) is 189 Å². The number of aliphatic carboxylic acids is 1. The van der Waals surface area contributed by atoms with Crippen LogP contribution in [0.15, 0.2) is 0 Å². The molecule has 0 aromatic carbocycles. The predicted molar refractivity (Wildman–Crippen MR) is 83.9 cm³/mol. The number of carbonyl (C=O) groups is 4. The Morgan fingerprint density at radius 1 is 1.22 bits per heavy atom. The molecule has 1 amide bonds. The largest absolute Gasteiger partial charge is 0.477 e. The molecule has 0 radical (unpaired) electrons. The molecule has 1 heterocycles. The fourth-order valence-corrected chi connectivity index (χ4v) is 2.64. The minimum atomic E-state index is -2.86. The number of nitrogens with one attached hydrogen (secondary N) is 1. The van der Waals surface area contributed by atoms with Crippen LogP contribution in [0.4, 0.5) is 0 Å². The molecule has 0 aromatic rings. The maximum atomic E-state index is 11.4. The van der Waals surface area contributed by atoms with Gasteiger partial charge >= 0.3 is 17.9 Å². The number of ether oxygens (including phenoxy) is 3. The van der Waals surface area contributed by atoms with Crippen LogP contribution in [0.1, 0.15) is 27.2 Å². The summed E-state index contributed by atoms with van der Waals surface area (Å²) in [5.41, 5.74) is 0. The van der Waals surface area contributed by atoms with Crippen molar-refractivity contribution < 1.29 is 53.8 Å². The molecule has 0 saturated carbocycles. The van der Waals surface area contributed by atoms with Crippen LogP contribution in [0.25, 0.3) is 0 Å². The van der Waals surface area contributed by atoms with Crippen molar-refractivity contribution in [3.63, 3.8) is 0 Å². The van der Waals surface area contributed by atoms with E-state index in [-0.39, 0.29) is 0 Å². The van der Waals surface area contributed by atoms with E-state index in [9.17, 15) is 34.5 Å². The van der Waals surface area contributed by atoms with Crippen molar-refractivity contribution in [3.8, 4) is 0 Å². The zero-order valence-corrected chi connectivity index (χ0v) is 14.9. The third kappa shape index (κ3) is 6.13. The lowest BCUT2D eigenvalue weighted by molar-refractivity contribution is -0.295. The van der Waals surface area contributed by atoms with Crippen molar-refractivity contribution in [2.24, 2.45) is 0 Å². The number of carboxylic acid groups (broad SMARTS) is 1. The van der Waals surface area contributed by atoms with Crippen LogP contribution in [0.3, 0.4) is 0 Å². The van der Waals surface area contributed by atoms with Crippen molar-refractivity contribution in [1.82, 2.24) is 5.32 Å². The van der Waals surface area contributed by atoms with Gasteiger partial charge in [0.2, 0.25) is 5.91 Å². The monoisotopic (exact) mass is 393 g/mol. The lowest BCUT2D eigenvalue weighted by Gasteiger charge is -2.45. The molecule has 1 aliphatic rings. The lowest BCUT2D eigenvalue weighted by atomic mass is 9.88. The Hall–Kier alpha value is -2.28. The highest BCUT2D eigenvalue weighted by Crippen LogP contribution is 2.31. The van der Waals surface area contributed by atoms with E-state index in [0.29, 0.717) is 0 Å². The van der Waals surface area contributed by atoms with E-state index in [1.54, 1.807) is 0 Å². The molecule has 1 aliphatic heterocycles. The average Bonchev–Trinajstić information content (AvgIpc) is 2.52. The molecule has 1 saturated heterocycles. The van der Waals surface area contributed by atoms with Crippen molar-refractivity contribution in [1.29, 1.82) is 0 Å². The van der Waals surface area contributed by atoms with Crippen LogP contribution in [-0.2, 0) is 33.4 Å². The number of carbonyl (C=O) groups excluding carboxylic acids is 3. The summed E-state index contributed by atoms with van der Waals surface area (Å²) in [5.74, 6) is -6.92. The predicted octanol–water partition coefficient (Wildman–Crippen LogP) is -2.73. The summed E-state index contributed by atoms with van der Waals surface area (Å²) in [4.78, 5) is 44.9. The second kappa shape index (κ2) is 9.08. The summed E-state index contributed by atoms with van der Waals surface area (Å²) in [5, 5.41) is 42.2. The highest BCUT2D eigenvalue weighted by atomic mass is 16.7. The Balaban J connectivity index is 3.18. The Morgan fingerprint density at radius 3 is 2.26 bits per heavy atom. The van der Waals surface area contributed by atoms with E-state index in [2.05, 4.69) is 5.32 Å². The van der Waals surface area contributed by atoms with Gasteiger partial charge in [-0.3, -0.25) is 14.4 Å². The molecule has 12 nitrogen and oxygen atoms in total. The molecule has 1 fully saturated rings. The summed E-state index contributed by atoms with van der Waals surface area (Å²) in [7, 11) is 0. The van der Waals surface area contributed by atoms with Crippen molar-refractivity contribution >= 4 is 23.8 Å². The highest BCUT2D eigenvalue weighted by Gasteiger charge is 2.54. The first-order chi connectivity index (χ1) is 12.4. The molecular formula is C15H23NO11. The summed E-state index contributed by atoms with van der Waals surface area (Å²) in [6.07, 6.45) is -7.51. The molecule has 1 rings (SSSR count). The Kier molecular flexibility index (Phi) is 7.65. The van der Waals surface area contributed by atoms with Crippen LogP contribution >= 0.6 is 0 Å². The maximum Gasteiger partial charge on any atom is 0.364 e. The van der Waals surface area contributed by atoms with Crippen LogP contribution in [0.2, 0.25) is 0 Å². The molecule has 0 unspecified atom stereocenters. The van der Waals surface area contributed by atoms with E-state index in [1.807, 2.05) is 0 Å². The quantitative estimate of drug-likeness (QED) is 0.282. The SMILES string of the molecule is CC(=O)N[C@H]1[C@H]([C@H](O)[C@@H](COC(C)=O)OC(C)=O)O[C@](O)(C(=O)O)C[C@@H]1O. The average molecular weight is 393 g/mol. The summed E-state index contributed by atoms with van der Waals surface area (Å²) in [6, 6.07) is -1.34. The standard InChI is InChI=1S/C15H23NO11/c1-6(17)16-11-9(20)4-15(24,14(22)23)27-13(11)12(21)10(26-8(3)19)5-25-7(2)18/h9-13,20-21,24H,4-5H2,1-3H3,(H,16,17)(H,22,23)/t9-,10+,11+,12+,13+,15-/m0/s1. The number of amides is 1. The Labute approximate surface area is 154 Å². The van der Waals surface area contributed by atoms with Crippen LogP contribution < -0.4 is 5.32 Å². The second-order valence-electron chi connectivity index (χ2n) is 6.11. The van der Waals surface area contributed by atoms with Crippen molar-refractivity contribution in [2.45, 2.75) is 63.4 Å². The first-order valence-electron chi connectivity index (χ1n) is 7.94. The van der Waals surface area contributed by atoms with Gasteiger partial charge in [-0.1, -0.05) is 0 Å². The summed E-state index contributed by atoms with van der Waals surface area (Å²) < 4.78 is 14.6. The van der Waals surface area contributed by atoms with Gasteiger partial charge in [0.05, 0.1) is 12.1 Å². The van der Waals surface area contributed by atoms with Gasteiger partial charge in [0.1, 0.15) is 18.8 Å². The maximum absolute atomic E-state index is 11.4. The molecule has 0 bridgehead atoms. The number of carboxylic acids is 1. The number of hydrogen-bond donors (Lipinski definition) is 5. The zero-order valence-electron chi connectivity index (χ0n) is 14.9. The summed E-state index contributed by atoms with van der Waals surface area (Å²) in [6.45, 7) is 2.59. The van der Waals surface area contributed by atoms with Gasteiger partial charge in [-0.25, -0.2) is 4.79 Å². The molecule has 27 heavy (non-hydrogen) atoms. The Morgan fingerprint density at radius 2 is 1.81 bits per heavy atom. The van der Waals surface area contributed by atoms with E-state index in [0.717, 1.165) is 20.8 Å². The molecule has 0 aromatic heterocycles. The number of aliphatic hydroxyl groups excluding tert-OH is 2. The van der Waals surface area contributed by atoms with E-state index < -0.39 is 73.1 Å². The van der Waals surface area contributed by atoms with E-state index in [1.165, 1.54) is 0 Å². The first kappa shape index (κ1) is 22.8. The zero-order chi connectivity index (χ0) is 20.9. The molecule has 0 spiro atoms. The first-order valence-corrected chi connectivity index (χ1v) is 7.94. The van der Waals surface area contributed by atoms with Gasteiger partial charge in [0.15, 0.2) is 6.10 Å². The van der Waals surface area contributed by atoms with Gasteiger partial charge in [0.25, 0.3) is 5.79 Å². The third-order valence-corrected chi connectivity index (χ3v) is 3.78. The number of esters is 2. The molecule has 154 valence electrons. The summed E-state index contributed by atoms with van der Waals surface area (Å²) >= 11 is 0. The van der Waals surface area contributed by atoms with Gasteiger partial charge < -0.3 is 40.0 Å². The minimum absolute atomic E-state index is 0.607. The van der Waals surface area contributed by atoms with Gasteiger partial charge in [0, 0.05) is 27.2 Å². The van der Waals surface area contributed by atoms with Gasteiger partial charge in [-0.15, -0.1) is 0 Å². The molecule has 6 atom stereocenters. The molecule has 12 heteroatoms. The van der Waals surface area contributed by atoms with E-state index in [4.69, 9.17) is 19.3 Å². The van der Waals surface area contributed by atoms with Gasteiger partial charge in [-0.05, 0) is 0 Å². The van der Waals surface area contributed by atoms with Gasteiger partial charge in [-0.2, -0.15) is 0 Å². The fraction of sp³-hybridized carbons (Fsp3) is 0.733. The number of aliphatic hydroxyl groups is 3. The van der Waals surface area contributed by atoms with Crippen LogP contribution in [-0.4, -0.2) is 87.1 Å². The van der Waals surface area contributed by atoms with Crippen LogP contribution in [0.5, 0.6) is 0 Å². The van der Waals surface area contributed by atoms with Crippen LogP contribution in [0, 0.1) is 0 Å². The van der Waals surface area contributed by atoms with E-state index >= 15 is 0 Å². The second-order valence-corrected chi connectivity index (χ2v) is 6.11. The Bertz CT molecular complexity index is 594. The third-order valence-electron chi connectivity index (χ3n) is 3.78.